The standard InChI is InChI=1S/C16H22N2O3S/c1-22-11-13(7-9-19)18-16(20)17-8-6-14-10-12-4-2-3-5-15(12)21-14/h2-5,10,13,19H,6-9,11H2,1H3,(H2,17,18,20). The summed E-state index contributed by atoms with van der Waals surface area (Å²) in [5.41, 5.74) is 0.866. The van der Waals surface area contributed by atoms with Crippen molar-refractivity contribution in [3.05, 3.63) is 36.1 Å². The Morgan fingerprint density at radius 2 is 2.23 bits per heavy atom. The number of para-hydroxylation sites is 1. The molecule has 0 saturated heterocycles. The average molecular weight is 322 g/mol. The minimum absolute atomic E-state index is 0.00815. The molecule has 0 aliphatic carbocycles. The van der Waals surface area contributed by atoms with E-state index in [1.165, 1.54) is 0 Å². The van der Waals surface area contributed by atoms with E-state index in [2.05, 4.69) is 10.6 Å². The Hall–Kier alpha value is -1.66. The lowest BCUT2D eigenvalue weighted by molar-refractivity contribution is 0.231. The van der Waals surface area contributed by atoms with Crippen LogP contribution in [0.15, 0.2) is 34.7 Å². The summed E-state index contributed by atoms with van der Waals surface area (Å²) in [4.78, 5) is 11.8. The SMILES string of the molecule is CSCC(CCO)NC(=O)NCCc1cc2ccccc2o1. The third kappa shape index (κ3) is 4.96. The van der Waals surface area contributed by atoms with Crippen LogP contribution in [0.25, 0.3) is 11.0 Å². The second-order valence-corrected chi connectivity index (χ2v) is 5.98. The van der Waals surface area contributed by atoms with Crippen molar-refractivity contribution in [1.82, 2.24) is 10.6 Å². The maximum absolute atomic E-state index is 11.8. The van der Waals surface area contributed by atoms with Crippen LogP contribution >= 0.6 is 11.8 Å². The number of fused-ring (bicyclic) bond motifs is 1. The van der Waals surface area contributed by atoms with E-state index in [1.807, 2.05) is 36.6 Å². The summed E-state index contributed by atoms with van der Waals surface area (Å²) >= 11 is 1.65. The van der Waals surface area contributed by atoms with Crippen LogP contribution in [0.3, 0.4) is 0 Å². The number of rotatable bonds is 8. The molecular formula is C16H22N2O3S. The molecule has 0 aliphatic rings. The van der Waals surface area contributed by atoms with Gasteiger partial charge in [-0.05, 0) is 24.8 Å². The first-order valence-electron chi connectivity index (χ1n) is 7.34. The molecule has 2 amide bonds. The molecule has 0 saturated carbocycles. The minimum Gasteiger partial charge on any atom is -0.461 e. The molecule has 22 heavy (non-hydrogen) atoms. The van der Waals surface area contributed by atoms with Crippen LogP contribution in [0.1, 0.15) is 12.2 Å². The topological polar surface area (TPSA) is 74.5 Å². The number of urea groups is 1. The van der Waals surface area contributed by atoms with Gasteiger partial charge in [0.25, 0.3) is 0 Å². The normalized spacial score (nSPS) is 12.3. The molecular weight excluding hydrogens is 300 g/mol. The summed E-state index contributed by atoms with van der Waals surface area (Å²) in [5.74, 6) is 1.65. The molecule has 1 heterocycles. The third-order valence-corrected chi connectivity index (χ3v) is 4.05. The van der Waals surface area contributed by atoms with Gasteiger partial charge in [0.15, 0.2) is 0 Å². The molecule has 2 aromatic rings. The summed E-state index contributed by atoms with van der Waals surface area (Å²) in [7, 11) is 0. The number of benzene rings is 1. The molecule has 0 spiro atoms. The second kappa shape index (κ2) is 8.70. The first-order chi connectivity index (χ1) is 10.7. The average Bonchev–Trinajstić information content (AvgIpc) is 2.90. The number of aliphatic hydroxyl groups is 1. The molecule has 5 nitrogen and oxygen atoms in total. The number of nitrogens with one attached hydrogen (secondary N) is 2. The summed E-state index contributed by atoms with van der Waals surface area (Å²) in [5, 5.41) is 15.7. The minimum atomic E-state index is -0.205. The van der Waals surface area contributed by atoms with Gasteiger partial charge in [0.1, 0.15) is 11.3 Å². The fourth-order valence-electron chi connectivity index (χ4n) is 2.25. The van der Waals surface area contributed by atoms with Crippen molar-refractivity contribution in [2.24, 2.45) is 0 Å². The molecule has 1 atom stereocenters. The molecule has 1 aromatic carbocycles. The highest BCUT2D eigenvalue weighted by molar-refractivity contribution is 7.98. The summed E-state index contributed by atoms with van der Waals surface area (Å²) in [6.07, 6.45) is 3.19. The van der Waals surface area contributed by atoms with Crippen LogP contribution in [0.5, 0.6) is 0 Å². The Morgan fingerprint density at radius 3 is 2.95 bits per heavy atom. The van der Waals surface area contributed by atoms with E-state index in [0.717, 1.165) is 22.5 Å². The number of hydrogen-bond donors (Lipinski definition) is 3. The Morgan fingerprint density at radius 1 is 1.41 bits per heavy atom. The van der Waals surface area contributed by atoms with Gasteiger partial charge >= 0.3 is 6.03 Å². The Balaban J connectivity index is 1.76. The third-order valence-electron chi connectivity index (χ3n) is 3.31. The number of amides is 2. The van der Waals surface area contributed by atoms with E-state index in [4.69, 9.17) is 9.52 Å². The van der Waals surface area contributed by atoms with Gasteiger partial charge in [-0.25, -0.2) is 4.79 Å². The van der Waals surface area contributed by atoms with Gasteiger partial charge in [0.2, 0.25) is 0 Å². The van der Waals surface area contributed by atoms with E-state index in [1.54, 1.807) is 11.8 Å². The van der Waals surface area contributed by atoms with Gasteiger partial charge in [0, 0.05) is 36.8 Å². The summed E-state index contributed by atoms with van der Waals surface area (Å²) in [6, 6.07) is 9.63. The molecule has 0 bridgehead atoms. The van der Waals surface area contributed by atoms with Crippen LogP contribution in [-0.2, 0) is 6.42 Å². The molecule has 3 N–H and O–H groups in total. The van der Waals surface area contributed by atoms with Crippen LogP contribution in [0.4, 0.5) is 4.79 Å². The second-order valence-electron chi connectivity index (χ2n) is 5.07. The zero-order valence-corrected chi connectivity index (χ0v) is 13.5. The number of carbonyl (C=O) groups is 1. The van der Waals surface area contributed by atoms with Gasteiger partial charge in [-0.2, -0.15) is 11.8 Å². The largest absolute Gasteiger partial charge is 0.461 e. The van der Waals surface area contributed by atoms with Crippen molar-refractivity contribution in [2.75, 3.05) is 25.2 Å². The van der Waals surface area contributed by atoms with Gasteiger partial charge in [0.05, 0.1) is 0 Å². The van der Waals surface area contributed by atoms with E-state index in [9.17, 15) is 4.79 Å². The lowest BCUT2D eigenvalue weighted by atomic mass is 10.2. The van der Waals surface area contributed by atoms with Crippen molar-refractivity contribution in [2.45, 2.75) is 18.9 Å². The van der Waals surface area contributed by atoms with Crippen molar-refractivity contribution in [1.29, 1.82) is 0 Å². The number of furan rings is 1. The predicted molar refractivity (Wildman–Crippen MR) is 90.3 cm³/mol. The Labute approximate surface area is 134 Å². The van der Waals surface area contributed by atoms with Crippen molar-refractivity contribution in [3.8, 4) is 0 Å². The maximum Gasteiger partial charge on any atom is 0.315 e. The number of aliphatic hydroxyl groups excluding tert-OH is 1. The number of thioether (sulfide) groups is 1. The summed E-state index contributed by atoms with van der Waals surface area (Å²) in [6.45, 7) is 0.585. The molecule has 6 heteroatoms. The zero-order valence-electron chi connectivity index (χ0n) is 12.7. The molecule has 120 valence electrons. The monoisotopic (exact) mass is 322 g/mol. The smallest absolute Gasteiger partial charge is 0.315 e. The quantitative estimate of drug-likeness (QED) is 0.697. The van der Waals surface area contributed by atoms with Gasteiger partial charge in [-0.15, -0.1) is 0 Å². The van der Waals surface area contributed by atoms with Crippen LogP contribution in [-0.4, -0.2) is 42.3 Å². The van der Waals surface area contributed by atoms with Crippen LogP contribution in [0.2, 0.25) is 0 Å². The Bertz CT molecular complexity index is 561. The maximum atomic E-state index is 11.8. The Kier molecular flexibility index (Phi) is 6.61. The van der Waals surface area contributed by atoms with Crippen molar-refractivity contribution >= 4 is 28.8 Å². The lowest BCUT2D eigenvalue weighted by Gasteiger charge is -2.16. The fraction of sp³-hybridized carbons (Fsp3) is 0.438. The fourth-order valence-corrected chi connectivity index (χ4v) is 2.90. The first kappa shape index (κ1) is 16.7. The lowest BCUT2D eigenvalue weighted by Crippen LogP contribution is -2.44. The number of hydrogen-bond acceptors (Lipinski definition) is 4. The zero-order chi connectivity index (χ0) is 15.8. The van der Waals surface area contributed by atoms with Crippen LogP contribution in [0, 0.1) is 0 Å². The predicted octanol–water partition coefficient (Wildman–Crippen LogP) is 2.39. The molecule has 0 radical (unpaired) electrons. The van der Waals surface area contributed by atoms with E-state index in [0.29, 0.717) is 19.4 Å². The highest BCUT2D eigenvalue weighted by atomic mass is 32.2. The molecule has 2 rings (SSSR count). The van der Waals surface area contributed by atoms with E-state index < -0.39 is 0 Å². The van der Waals surface area contributed by atoms with Gasteiger partial charge < -0.3 is 20.2 Å². The first-order valence-corrected chi connectivity index (χ1v) is 8.74. The van der Waals surface area contributed by atoms with Gasteiger partial charge in [-0.1, -0.05) is 18.2 Å². The van der Waals surface area contributed by atoms with E-state index >= 15 is 0 Å². The van der Waals surface area contributed by atoms with Crippen molar-refractivity contribution < 1.29 is 14.3 Å². The van der Waals surface area contributed by atoms with Gasteiger partial charge in [-0.3, -0.25) is 0 Å². The molecule has 1 unspecified atom stereocenters. The molecule has 0 aliphatic heterocycles. The highest BCUT2D eigenvalue weighted by Gasteiger charge is 2.11. The highest BCUT2D eigenvalue weighted by Crippen LogP contribution is 2.18. The van der Waals surface area contributed by atoms with E-state index in [-0.39, 0.29) is 18.7 Å². The van der Waals surface area contributed by atoms with Crippen molar-refractivity contribution in [3.63, 3.8) is 0 Å². The summed E-state index contributed by atoms with van der Waals surface area (Å²) < 4.78 is 5.70. The number of carbonyl (C=O) groups excluding carboxylic acids is 1. The molecule has 1 aromatic heterocycles. The molecule has 0 fully saturated rings. The van der Waals surface area contributed by atoms with Crippen LogP contribution < -0.4 is 10.6 Å².